The fourth-order valence-corrected chi connectivity index (χ4v) is 2.08. The van der Waals surface area contributed by atoms with Gasteiger partial charge in [0.25, 0.3) is 11.5 Å². The molecule has 1 aromatic rings. The molecule has 23 heavy (non-hydrogen) atoms. The highest BCUT2D eigenvalue weighted by Gasteiger charge is 2.31. The molecule has 0 bridgehead atoms. The lowest BCUT2D eigenvalue weighted by Crippen LogP contribution is -2.32. The lowest BCUT2D eigenvalue weighted by atomic mass is 10.2. The van der Waals surface area contributed by atoms with E-state index < -0.39 is 35.0 Å². The summed E-state index contributed by atoms with van der Waals surface area (Å²) in [7, 11) is 0. The Hall–Kier alpha value is -1.87. The number of H-pyrrole nitrogens is 1. The number of carbonyl (C=O) groups excluding carboxylic acids is 1. The van der Waals surface area contributed by atoms with E-state index in [0.29, 0.717) is 18.9 Å². The van der Waals surface area contributed by atoms with Crippen molar-refractivity contribution in [1.82, 2.24) is 4.98 Å². The molecule has 0 unspecified atom stereocenters. The first kappa shape index (κ1) is 17.5. The van der Waals surface area contributed by atoms with Crippen LogP contribution in [0.3, 0.4) is 0 Å². The van der Waals surface area contributed by atoms with Crippen molar-refractivity contribution in [3.63, 3.8) is 0 Å². The van der Waals surface area contributed by atoms with Crippen molar-refractivity contribution in [2.24, 2.45) is 0 Å². The van der Waals surface area contributed by atoms with Gasteiger partial charge in [-0.1, -0.05) is 0 Å². The maximum atomic E-state index is 12.6. The fourth-order valence-electron chi connectivity index (χ4n) is 2.08. The average molecular weight is 334 g/mol. The quantitative estimate of drug-likeness (QED) is 0.862. The summed E-state index contributed by atoms with van der Waals surface area (Å²) in [5, 5.41) is 2.15. The number of hydrogen-bond acceptors (Lipinski definition) is 4. The highest BCUT2D eigenvalue weighted by molar-refractivity contribution is 5.93. The number of amides is 1. The number of anilines is 1. The number of ether oxygens (including phenoxy) is 2. The van der Waals surface area contributed by atoms with Crippen molar-refractivity contribution in [2.45, 2.75) is 38.1 Å². The normalized spacial score (nSPS) is 19.6. The number of nitrogens with one attached hydrogen (secondary N) is 2. The van der Waals surface area contributed by atoms with E-state index in [4.69, 9.17) is 9.47 Å². The first-order chi connectivity index (χ1) is 10.8. The van der Waals surface area contributed by atoms with Crippen LogP contribution < -0.4 is 10.9 Å². The van der Waals surface area contributed by atoms with E-state index in [1.165, 1.54) is 6.92 Å². The molecular formula is C14H17F3N2O4. The molecule has 128 valence electrons. The Balaban J connectivity index is 1.97. The van der Waals surface area contributed by atoms with Crippen molar-refractivity contribution in [3.05, 3.63) is 28.2 Å². The lowest BCUT2D eigenvalue weighted by molar-refractivity contribution is -0.138. The largest absolute Gasteiger partial charge is 0.417 e. The second-order valence-corrected chi connectivity index (χ2v) is 5.23. The monoisotopic (exact) mass is 334 g/mol. The van der Waals surface area contributed by atoms with Crippen LogP contribution in [0.5, 0.6) is 0 Å². The standard InChI is InChI=1S/C14H17F3N2O4/c1-8(23-7-10-3-2-4-22-10)12(20)19-11-5-9(14(15,16)17)6-18-13(11)21/h5-6,8,10H,2-4,7H2,1H3,(H,18,21)(H,19,20)/t8-,10-/m1/s1. The molecule has 0 spiro atoms. The number of pyridine rings is 1. The molecule has 0 aromatic carbocycles. The van der Waals surface area contributed by atoms with Gasteiger partial charge in [0.1, 0.15) is 11.8 Å². The van der Waals surface area contributed by atoms with E-state index >= 15 is 0 Å². The molecule has 1 aliphatic heterocycles. The summed E-state index contributed by atoms with van der Waals surface area (Å²) >= 11 is 0. The van der Waals surface area contributed by atoms with E-state index in [9.17, 15) is 22.8 Å². The number of aromatic nitrogens is 1. The van der Waals surface area contributed by atoms with Crippen LogP contribution in [-0.4, -0.2) is 36.3 Å². The molecule has 1 aliphatic rings. The molecule has 2 N–H and O–H groups in total. The van der Waals surface area contributed by atoms with Gasteiger partial charge in [-0.3, -0.25) is 9.59 Å². The molecular weight excluding hydrogens is 317 g/mol. The molecule has 9 heteroatoms. The minimum Gasteiger partial charge on any atom is -0.376 e. The van der Waals surface area contributed by atoms with Gasteiger partial charge in [0.05, 0.1) is 18.3 Å². The molecule has 1 saturated heterocycles. The Bertz CT molecular complexity index is 609. The molecule has 2 atom stereocenters. The molecule has 2 rings (SSSR count). The van der Waals surface area contributed by atoms with Gasteiger partial charge in [-0.25, -0.2) is 0 Å². The van der Waals surface area contributed by atoms with E-state index in [1.807, 2.05) is 4.98 Å². The second kappa shape index (κ2) is 7.14. The molecule has 0 radical (unpaired) electrons. The number of hydrogen-bond donors (Lipinski definition) is 2. The topological polar surface area (TPSA) is 80.4 Å². The Morgan fingerprint density at radius 1 is 1.57 bits per heavy atom. The molecule has 1 amide bonds. The van der Waals surface area contributed by atoms with Crippen LogP contribution in [0.15, 0.2) is 17.1 Å². The van der Waals surface area contributed by atoms with E-state index in [1.54, 1.807) is 0 Å². The third kappa shape index (κ3) is 4.80. The smallest absolute Gasteiger partial charge is 0.376 e. The van der Waals surface area contributed by atoms with E-state index in [-0.39, 0.29) is 12.7 Å². The number of alkyl halides is 3. The molecule has 6 nitrogen and oxygen atoms in total. The maximum Gasteiger partial charge on any atom is 0.417 e. The van der Waals surface area contributed by atoms with Crippen molar-refractivity contribution < 1.29 is 27.4 Å². The van der Waals surface area contributed by atoms with Crippen LogP contribution in [0.2, 0.25) is 0 Å². The van der Waals surface area contributed by atoms with Crippen molar-refractivity contribution in [1.29, 1.82) is 0 Å². The van der Waals surface area contributed by atoms with Crippen molar-refractivity contribution in [2.75, 3.05) is 18.5 Å². The summed E-state index contributed by atoms with van der Waals surface area (Å²) in [6.45, 7) is 2.31. The summed E-state index contributed by atoms with van der Waals surface area (Å²) in [5.41, 5.74) is -2.35. The van der Waals surface area contributed by atoms with Gasteiger partial charge in [-0.05, 0) is 25.8 Å². The van der Waals surface area contributed by atoms with Crippen LogP contribution in [-0.2, 0) is 20.4 Å². The molecule has 2 heterocycles. The predicted molar refractivity (Wildman–Crippen MR) is 75.1 cm³/mol. The third-order valence-electron chi connectivity index (χ3n) is 3.41. The number of carbonyl (C=O) groups is 1. The Morgan fingerprint density at radius 2 is 2.30 bits per heavy atom. The molecule has 1 fully saturated rings. The molecule has 1 aromatic heterocycles. The van der Waals surface area contributed by atoms with Crippen LogP contribution >= 0.6 is 0 Å². The highest BCUT2D eigenvalue weighted by atomic mass is 19.4. The van der Waals surface area contributed by atoms with Crippen molar-refractivity contribution in [3.8, 4) is 0 Å². The zero-order valence-corrected chi connectivity index (χ0v) is 12.4. The van der Waals surface area contributed by atoms with Gasteiger partial charge in [0.2, 0.25) is 0 Å². The molecule has 0 aliphatic carbocycles. The summed E-state index contributed by atoms with van der Waals surface area (Å²) in [4.78, 5) is 25.4. The Kier molecular flexibility index (Phi) is 5.42. The predicted octanol–water partition coefficient (Wildman–Crippen LogP) is 1.92. The van der Waals surface area contributed by atoms with Gasteiger partial charge in [-0.15, -0.1) is 0 Å². The Labute approximate surface area is 130 Å². The SMILES string of the molecule is C[C@@H](OC[C@H]1CCCO1)C(=O)Nc1cc(C(F)(F)F)c[nH]c1=O. The lowest BCUT2D eigenvalue weighted by Gasteiger charge is -2.16. The van der Waals surface area contributed by atoms with Crippen LogP contribution in [0, 0.1) is 0 Å². The van der Waals surface area contributed by atoms with Gasteiger partial charge < -0.3 is 19.8 Å². The highest BCUT2D eigenvalue weighted by Crippen LogP contribution is 2.29. The van der Waals surface area contributed by atoms with E-state index in [2.05, 4.69) is 5.32 Å². The number of rotatable bonds is 5. The zero-order valence-electron chi connectivity index (χ0n) is 12.4. The average Bonchev–Trinajstić information content (AvgIpc) is 2.99. The van der Waals surface area contributed by atoms with Crippen LogP contribution in [0.1, 0.15) is 25.3 Å². The summed E-state index contributed by atoms with van der Waals surface area (Å²) in [6.07, 6.45) is -3.31. The van der Waals surface area contributed by atoms with Gasteiger partial charge in [0.15, 0.2) is 0 Å². The summed E-state index contributed by atoms with van der Waals surface area (Å²) < 4.78 is 48.5. The van der Waals surface area contributed by atoms with E-state index in [0.717, 1.165) is 12.8 Å². The van der Waals surface area contributed by atoms with Gasteiger partial charge in [-0.2, -0.15) is 13.2 Å². The number of halogens is 3. The minimum absolute atomic E-state index is 0.0813. The first-order valence-electron chi connectivity index (χ1n) is 7.11. The van der Waals surface area contributed by atoms with Gasteiger partial charge >= 0.3 is 6.18 Å². The maximum absolute atomic E-state index is 12.6. The van der Waals surface area contributed by atoms with Crippen LogP contribution in [0.4, 0.5) is 18.9 Å². The summed E-state index contributed by atoms with van der Waals surface area (Å²) in [6, 6.07) is 0.587. The fraction of sp³-hybridized carbons (Fsp3) is 0.571. The zero-order chi connectivity index (χ0) is 17.0. The summed E-state index contributed by atoms with van der Waals surface area (Å²) in [5.74, 6) is -0.701. The molecule has 0 saturated carbocycles. The minimum atomic E-state index is -4.62. The third-order valence-corrected chi connectivity index (χ3v) is 3.41. The first-order valence-corrected chi connectivity index (χ1v) is 7.11. The Morgan fingerprint density at radius 3 is 2.91 bits per heavy atom. The van der Waals surface area contributed by atoms with Crippen molar-refractivity contribution >= 4 is 11.6 Å². The van der Waals surface area contributed by atoms with Crippen LogP contribution in [0.25, 0.3) is 0 Å². The number of aromatic amines is 1. The second-order valence-electron chi connectivity index (χ2n) is 5.23. The van der Waals surface area contributed by atoms with Gasteiger partial charge in [0, 0.05) is 12.8 Å².